The number of methoxy groups -OCH3 is 1. The first kappa shape index (κ1) is 16.6. The van der Waals surface area contributed by atoms with Crippen molar-refractivity contribution in [1.82, 2.24) is 9.78 Å². The van der Waals surface area contributed by atoms with Crippen LogP contribution in [0.15, 0.2) is 59.4 Å². The van der Waals surface area contributed by atoms with E-state index in [-0.39, 0.29) is 12.1 Å². The van der Waals surface area contributed by atoms with Crippen molar-refractivity contribution in [2.45, 2.75) is 6.54 Å². The van der Waals surface area contributed by atoms with Gasteiger partial charge < -0.3 is 4.74 Å². The third-order valence-corrected chi connectivity index (χ3v) is 4.17. The maximum absolute atomic E-state index is 12.1. The second-order valence-electron chi connectivity index (χ2n) is 5.18. The van der Waals surface area contributed by atoms with E-state index in [1.807, 2.05) is 24.3 Å². The van der Waals surface area contributed by atoms with Gasteiger partial charge in [0, 0.05) is 21.7 Å². The Bertz CT molecular complexity index is 921. The zero-order valence-corrected chi connectivity index (χ0v) is 14.4. The molecule has 122 valence electrons. The predicted molar refractivity (Wildman–Crippen MR) is 96.0 cm³/mol. The van der Waals surface area contributed by atoms with Crippen LogP contribution < -0.4 is 10.3 Å². The molecule has 0 amide bonds. The molecule has 0 aliphatic heterocycles. The highest BCUT2D eigenvalue weighted by Crippen LogP contribution is 2.22. The van der Waals surface area contributed by atoms with Crippen LogP contribution in [0.3, 0.4) is 0 Å². The van der Waals surface area contributed by atoms with E-state index in [0.29, 0.717) is 15.7 Å². The lowest BCUT2D eigenvalue weighted by atomic mass is 10.1. The van der Waals surface area contributed by atoms with Crippen molar-refractivity contribution in [1.29, 1.82) is 0 Å². The van der Waals surface area contributed by atoms with Crippen molar-refractivity contribution in [3.8, 4) is 17.0 Å². The summed E-state index contributed by atoms with van der Waals surface area (Å²) in [6, 6.07) is 15.9. The number of halogens is 2. The van der Waals surface area contributed by atoms with Gasteiger partial charge in [0.1, 0.15) is 5.75 Å². The lowest BCUT2D eigenvalue weighted by molar-refractivity contribution is 0.415. The van der Waals surface area contributed by atoms with Crippen LogP contribution in [0, 0.1) is 0 Å². The molecule has 0 bridgehead atoms. The third-order valence-electron chi connectivity index (χ3n) is 3.59. The lowest BCUT2D eigenvalue weighted by Crippen LogP contribution is -2.23. The molecular formula is C18H14Cl2N2O2. The van der Waals surface area contributed by atoms with Crippen molar-refractivity contribution >= 4 is 23.2 Å². The Balaban J connectivity index is 1.95. The Hall–Kier alpha value is -2.30. The topological polar surface area (TPSA) is 44.1 Å². The first-order valence-corrected chi connectivity index (χ1v) is 7.99. The Morgan fingerprint density at radius 3 is 2.46 bits per heavy atom. The monoisotopic (exact) mass is 360 g/mol. The summed E-state index contributed by atoms with van der Waals surface area (Å²) < 4.78 is 6.53. The first-order valence-electron chi connectivity index (χ1n) is 7.23. The minimum absolute atomic E-state index is 0.196. The first-order chi connectivity index (χ1) is 11.6. The van der Waals surface area contributed by atoms with E-state index < -0.39 is 0 Å². The largest absolute Gasteiger partial charge is 0.497 e. The molecule has 24 heavy (non-hydrogen) atoms. The highest BCUT2D eigenvalue weighted by atomic mass is 35.5. The molecule has 3 rings (SSSR count). The van der Waals surface area contributed by atoms with Crippen molar-refractivity contribution in [2.75, 3.05) is 7.11 Å². The predicted octanol–water partition coefficient (Wildman–Crippen LogP) is 4.27. The highest BCUT2D eigenvalue weighted by Gasteiger charge is 2.07. The molecule has 0 aliphatic rings. The van der Waals surface area contributed by atoms with Crippen LogP contribution in [-0.4, -0.2) is 16.9 Å². The van der Waals surface area contributed by atoms with Gasteiger partial charge in [0.15, 0.2) is 0 Å². The summed E-state index contributed by atoms with van der Waals surface area (Å²) in [4.78, 5) is 12.1. The fourth-order valence-electron chi connectivity index (χ4n) is 2.29. The van der Waals surface area contributed by atoms with Gasteiger partial charge in [-0.25, -0.2) is 4.68 Å². The Kier molecular flexibility index (Phi) is 4.88. The highest BCUT2D eigenvalue weighted by molar-refractivity contribution is 6.35. The van der Waals surface area contributed by atoms with E-state index in [0.717, 1.165) is 16.9 Å². The van der Waals surface area contributed by atoms with Crippen LogP contribution in [0.25, 0.3) is 11.3 Å². The summed E-state index contributed by atoms with van der Waals surface area (Å²) in [6.07, 6.45) is 0. The molecule has 0 unspecified atom stereocenters. The number of nitrogens with zero attached hydrogens (tertiary/aromatic N) is 2. The van der Waals surface area contributed by atoms with Gasteiger partial charge in [-0.05, 0) is 48.0 Å². The number of rotatable bonds is 4. The van der Waals surface area contributed by atoms with Crippen LogP contribution in [0.4, 0.5) is 0 Å². The summed E-state index contributed by atoms with van der Waals surface area (Å²) >= 11 is 12.1. The molecule has 1 aromatic heterocycles. The van der Waals surface area contributed by atoms with E-state index in [1.54, 1.807) is 31.4 Å². The quantitative estimate of drug-likeness (QED) is 0.697. The molecule has 0 fully saturated rings. The fourth-order valence-corrected chi connectivity index (χ4v) is 2.76. The minimum atomic E-state index is -0.196. The Morgan fingerprint density at radius 1 is 1.04 bits per heavy atom. The smallest absolute Gasteiger partial charge is 0.267 e. The van der Waals surface area contributed by atoms with E-state index >= 15 is 0 Å². The zero-order chi connectivity index (χ0) is 17.1. The summed E-state index contributed by atoms with van der Waals surface area (Å²) in [7, 11) is 1.61. The molecule has 0 atom stereocenters. The number of hydrogen-bond donors (Lipinski definition) is 0. The Labute approximate surface area is 149 Å². The summed E-state index contributed by atoms with van der Waals surface area (Å²) in [5, 5.41) is 5.49. The van der Waals surface area contributed by atoms with Gasteiger partial charge in [0.2, 0.25) is 0 Å². The molecule has 4 nitrogen and oxygen atoms in total. The van der Waals surface area contributed by atoms with Crippen molar-refractivity contribution < 1.29 is 4.74 Å². The van der Waals surface area contributed by atoms with Gasteiger partial charge in [-0.1, -0.05) is 29.3 Å². The van der Waals surface area contributed by atoms with Gasteiger partial charge in [0.05, 0.1) is 19.3 Å². The van der Waals surface area contributed by atoms with E-state index in [9.17, 15) is 4.79 Å². The molecule has 0 spiro atoms. The molecule has 0 aliphatic carbocycles. The molecular weight excluding hydrogens is 347 g/mol. The lowest BCUT2D eigenvalue weighted by Gasteiger charge is -2.09. The van der Waals surface area contributed by atoms with E-state index in [4.69, 9.17) is 27.9 Å². The molecule has 0 saturated carbocycles. The van der Waals surface area contributed by atoms with Crippen LogP contribution >= 0.6 is 23.2 Å². The van der Waals surface area contributed by atoms with Gasteiger partial charge in [0.25, 0.3) is 5.56 Å². The number of aromatic nitrogens is 2. The molecule has 1 heterocycles. The fraction of sp³-hybridized carbons (Fsp3) is 0.111. The van der Waals surface area contributed by atoms with Crippen LogP contribution in [0.1, 0.15) is 5.56 Å². The standard InChI is InChI=1S/C18H14Cl2N2O2/c1-24-15-6-3-12(4-7-15)17-8-9-18(23)22(21-17)11-13-2-5-14(19)10-16(13)20/h2-10H,11H2,1H3. The molecule has 3 aromatic rings. The maximum Gasteiger partial charge on any atom is 0.267 e. The molecule has 0 saturated heterocycles. The van der Waals surface area contributed by atoms with Crippen LogP contribution in [0.2, 0.25) is 10.0 Å². The van der Waals surface area contributed by atoms with E-state index in [2.05, 4.69) is 5.10 Å². The number of hydrogen-bond acceptors (Lipinski definition) is 3. The van der Waals surface area contributed by atoms with Gasteiger partial charge >= 0.3 is 0 Å². The average molecular weight is 361 g/mol. The van der Waals surface area contributed by atoms with Crippen LogP contribution in [0.5, 0.6) is 5.75 Å². The summed E-state index contributed by atoms with van der Waals surface area (Å²) in [6.45, 7) is 0.277. The summed E-state index contributed by atoms with van der Waals surface area (Å²) in [5.74, 6) is 0.764. The molecule has 0 N–H and O–H groups in total. The van der Waals surface area contributed by atoms with Gasteiger partial charge in [-0.15, -0.1) is 0 Å². The summed E-state index contributed by atoms with van der Waals surface area (Å²) in [5.41, 5.74) is 2.18. The van der Waals surface area contributed by atoms with Gasteiger partial charge in [-0.3, -0.25) is 4.79 Å². The second-order valence-corrected chi connectivity index (χ2v) is 6.02. The Morgan fingerprint density at radius 2 is 1.79 bits per heavy atom. The molecule has 0 radical (unpaired) electrons. The SMILES string of the molecule is COc1ccc(-c2ccc(=O)n(Cc3ccc(Cl)cc3Cl)n2)cc1. The third kappa shape index (κ3) is 3.61. The average Bonchev–Trinajstić information content (AvgIpc) is 2.59. The number of benzene rings is 2. The second kappa shape index (κ2) is 7.07. The van der Waals surface area contributed by atoms with Crippen molar-refractivity contribution in [3.05, 3.63) is 80.6 Å². The minimum Gasteiger partial charge on any atom is -0.497 e. The van der Waals surface area contributed by atoms with Crippen molar-refractivity contribution in [3.63, 3.8) is 0 Å². The van der Waals surface area contributed by atoms with Crippen molar-refractivity contribution in [2.24, 2.45) is 0 Å². The zero-order valence-electron chi connectivity index (χ0n) is 12.9. The number of ether oxygens (including phenoxy) is 1. The van der Waals surface area contributed by atoms with Crippen LogP contribution in [-0.2, 0) is 6.54 Å². The van der Waals surface area contributed by atoms with E-state index in [1.165, 1.54) is 10.7 Å². The molecule has 2 aromatic carbocycles. The molecule has 6 heteroatoms. The maximum atomic E-state index is 12.1. The van der Waals surface area contributed by atoms with Gasteiger partial charge in [-0.2, -0.15) is 5.10 Å². The normalized spacial score (nSPS) is 10.6.